The van der Waals surface area contributed by atoms with Crippen LogP contribution in [0.1, 0.15) is 45.6 Å². The highest BCUT2D eigenvalue weighted by Crippen LogP contribution is 2.63. The molecule has 5 heteroatoms. The number of benzene rings is 1. The van der Waals surface area contributed by atoms with Crippen LogP contribution in [0, 0.1) is 22.6 Å². The number of ether oxygens (including phenoxy) is 1. The van der Waals surface area contributed by atoms with Gasteiger partial charge in [-0.3, -0.25) is 4.79 Å². The van der Waals surface area contributed by atoms with Crippen molar-refractivity contribution in [1.82, 2.24) is 5.43 Å². The Morgan fingerprint density at radius 2 is 2.17 bits per heavy atom. The molecule has 2 atom stereocenters. The smallest absolute Gasteiger partial charge is 0.244 e. The molecule has 1 aromatic carbocycles. The van der Waals surface area contributed by atoms with E-state index < -0.39 is 5.82 Å². The molecule has 0 spiro atoms. The van der Waals surface area contributed by atoms with Crippen LogP contribution >= 0.6 is 0 Å². The van der Waals surface area contributed by atoms with Gasteiger partial charge in [0.1, 0.15) is 0 Å². The number of amides is 1. The van der Waals surface area contributed by atoms with Crippen molar-refractivity contribution < 1.29 is 13.9 Å². The quantitative estimate of drug-likeness (QED) is 0.855. The number of carbonyl (C=O) groups is 1. The van der Waals surface area contributed by atoms with E-state index in [-0.39, 0.29) is 28.9 Å². The van der Waals surface area contributed by atoms with E-state index in [1.807, 2.05) is 0 Å². The maximum Gasteiger partial charge on any atom is 0.244 e. The fourth-order valence-corrected chi connectivity index (χ4v) is 4.27. The summed E-state index contributed by atoms with van der Waals surface area (Å²) < 4.78 is 18.6. The van der Waals surface area contributed by atoms with E-state index in [4.69, 9.17) is 4.74 Å². The Morgan fingerprint density at radius 1 is 1.42 bits per heavy atom. The fourth-order valence-electron chi connectivity index (χ4n) is 4.27. The summed E-state index contributed by atoms with van der Waals surface area (Å²) in [6.45, 7) is 6.86. The Labute approximate surface area is 142 Å². The number of hydrogen-bond acceptors (Lipinski definition) is 3. The first-order valence-electron chi connectivity index (χ1n) is 8.46. The second-order valence-corrected chi connectivity index (χ2v) is 7.73. The SMILES string of the molecule is COc1ccc(CC(=O)N/N=C2/C[C@H]3CC[C@]2(C)C3(C)C)cc1F. The number of nitrogens with zero attached hydrogens (tertiary/aromatic N) is 1. The molecule has 1 amide bonds. The lowest BCUT2D eigenvalue weighted by Gasteiger charge is -2.34. The number of halogens is 1. The maximum atomic E-state index is 13.7. The average Bonchev–Trinajstić information content (AvgIpc) is 2.86. The van der Waals surface area contributed by atoms with E-state index in [1.165, 1.54) is 25.7 Å². The van der Waals surface area contributed by atoms with Crippen LogP contribution in [0.3, 0.4) is 0 Å². The summed E-state index contributed by atoms with van der Waals surface area (Å²) in [5.41, 5.74) is 4.66. The van der Waals surface area contributed by atoms with Gasteiger partial charge in [-0.2, -0.15) is 5.10 Å². The Bertz CT molecular complexity index is 699. The third-order valence-electron chi connectivity index (χ3n) is 6.41. The monoisotopic (exact) mass is 332 g/mol. The highest BCUT2D eigenvalue weighted by molar-refractivity contribution is 5.95. The molecule has 1 N–H and O–H groups in total. The lowest BCUT2D eigenvalue weighted by Crippen LogP contribution is -2.34. The van der Waals surface area contributed by atoms with Crippen molar-refractivity contribution in [2.75, 3.05) is 7.11 Å². The summed E-state index contributed by atoms with van der Waals surface area (Å²) in [7, 11) is 1.41. The van der Waals surface area contributed by atoms with Crippen LogP contribution in [0.5, 0.6) is 5.75 Å². The van der Waals surface area contributed by atoms with Crippen LogP contribution in [0.4, 0.5) is 4.39 Å². The zero-order valence-corrected chi connectivity index (χ0v) is 14.8. The van der Waals surface area contributed by atoms with Crippen LogP contribution in [0.2, 0.25) is 0 Å². The number of carbonyl (C=O) groups excluding carboxylic acids is 1. The zero-order chi connectivity index (χ0) is 17.5. The van der Waals surface area contributed by atoms with Crippen molar-refractivity contribution >= 4 is 11.6 Å². The third kappa shape index (κ3) is 2.60. The molecule has 2 fully saturated rings. The van der Waals surface area contributed by atoms with Gasteiger partial charge in [-0.25, -0.2) is 9.82 Å². The largest absolute Gasteiger partial charge is 0.494 e. The highest BCUT2D eigenvalue weighted by atomic mass is 19.1. The second-order valence-electron chi connectivity index (χ2n) is 7.73. The molecule has 2 aliphatic rings. The van der Waals surface area contributed by atoms with Gasteiger partial charge < -0.3 is 4.74 Å². The van der Waals surface area contributed by atoms with Crippen LogP contribution in [0.15, 0.2) is 23.3 Å². The van der Waals surface area contributed by atoms with Crippen molar-refractivity contribution in [2.45, 2.75) is 46.5 Å². The molecule has 0 aromatic heterocycles. The van der Waals surface area contributed by atoms with Crippen LogP contribution in [-0.4, -0.2) is 18.7 Å². The Hall–Kier alpha value is -1.91. The summed E-state index contributed by atoms with van der Waals surface area (Å²) in [5, 5.41) is 4.42. The molecule has 0 aliphatic heterocycles. The minimum atomic E-state index is -0.462. The van der Waals surface area contributed by atoms with Crippen LogP contribution in [-0.2, 0) is 11.2 Å². The van der Waals surface area contributed by atoms with Gasteiger partial charge >= 0.3 is 0 Å². The minimum Gasteiger partial charge on any atom is -0.494 e. The molecular formula is C19H25FN2O2. The highest BCUT2D eigenvalue weighted by Gasteiger charge is 2.59. The van der Waals surface area contributed by atoms with Crippen molar-refractivity contribution in [3.63, 3.8) is 0 Å². The van der Waals surface area contributed by atoms with E-state index >= 15 is 0 Å². The fraction of sp³-hybridized carbons (Fsp3) is 0.579. The van der Waals surface area contributed by atoms with E-state index in [9.17, 15) is 9.18 Å². The molecule has 2 bridgehead atoms. The maximum absolute atomic E-state index is 13.7. The molecule has 3 rings (SSSR count). The van der Waals surface area contributed by atoms with Crippen molar-refractivity contribution in [1.29, 1.82) is 0 Å². The molecule has 0 unspecified atom stereocenters. The topological polar surface area (TPSA) is 50.7 Å². The van der Waals surface area contributed by atoms with Crippen molar-refractivity contribution in [2.24, 2.45) is 21.8 Å². The van der Waals surface area contributed by atoms with Gasteiger partial charge in [0.15, 0.2) is 11.6 Å². The van der Waals surface area contributed by atoms with E-state index in [1.54, 1.807) is 6.07 Å². The number of methoxy groups -OCH3 is 1. The number of rotatable bonds is 4. The van der Waals surface area contributed by atoms with Gasteiger partial charge in [0, 0.05) is 11.1 Å². The lowest BCUT2D eigenvalue weighted by atomic mass is 9.70. The number of hydrogen-bond donors (Lipinski definition) is 1. The number of nitrogens with one attached hydrogen (secondary N) is 1. The molecule has 0 saturated heterocycles. The molecule has 2 aliphatic carbocycles. The number of fused-ring (bicyclic) bond motifs is 2. The predicted molar refractivity (Wildman–Crippen MR) is 91.5 cm³/mol. The molecule has 130 valence electrons. The summed E-state index contributed by atoms with van der Waals surface area (Å²) in [6, 6.07) is 4.55. The van der Waals surface area contributed by atoms with Gasteiger partial charge in [-0.05, 0) is 48.3 Å². The summed E-state index contributed by atoms with van der Waals surface area (Å²) in [4.78, 5) is 12.1. The first kappa shape index (κ1) is 16.9. The van der Waals surface area contributed by atoms with Crippen LogP contribution in [0.25, 0.3) is 0 Å². The van der Waals surface area contributed by atoms with E-state index in [0.29, 0.717) is 11.5 Å². The third-order valence-corrected chi connectivity index (χ3v) is 6.41. The zero-order valence-electron chi connectivity index (χ0n) is 14.8. The lowest BCUT2D eigenvalue weighted by molar-refractivity contribution is -0.120. The van der Waals surface area contributed by atoms with Crippen molar-refractivity contribution in [3.05, 3.63) is 29.6 Å². The molecule has 4 nitrogen and oxygen atoms in total. The Kier molecular flexibility index (Phi) is 4.14. The minimum absolute atomic E-state index is 0.0666. The van der Waals surface area contributed by atoms with Gasteiger partial charge in [-0.15, -0.1) is 0 Å². The molecule has 0 radical (unpaired) electrons. The van der Waals surface area contributed by atoms with Gasteiger partial charge in [0.2, 0.25) is 5.91 Å². The van der Waals surface area contributed by atoms with E-state index in [0.717, 1.165) is 18.6 Å². The summed E-state index contributed by atoms with van der Waals surface area (Å²) in [5.74, 6) is 0.137. The molecule has 1 aromatic rings. The normalized spacial score (nSPS) is 29.0. The molecular weight excluding hydrogens is 307 g/mol. The standard InChI is InChI=1S/C19H25FN2O2/c1-18(2)13-7-8-19(18,3)16(11-13)21-22-17(23)10-12-5-6-15(24-4)14(20)9-12/h5-6,9,13H,7-8,10-11H2,1-4H3,(H,22,23)/b21-16-/t13-,19+/m1/s1. The molecule has 0 heterocycles. The predicted octanol–water partition coefficient (Wildman–Crippen LogP) is 3.70. The van der Waals surface area contributed by atoms with Gasteiger partial charge in [0.25, 0.3) is 0 Å². The molecule has 24 heavy (non-hydrogen) atoms. The Balaban J connectivity index is 1.65. The van der Waals surface area contributed by atoms with Crippen molar-refractivity contribution in [3.8, 4) is 5.75 Å². The average molecular weight is 332 g/mol. The Morgan fingerprint density at radius 3 is 2.71 bits per heavy atom. The first-order chi connectivity index (χ1) is 11.3. The second kappa shape index (κ2) is 5.87. The molecule has 2 saturated carbocycles. The van der Waals surface area contributed by atoms with E-state index in [2.05, 4.69) is 31.3 Å². The number of hydrazone groups is 1. The first-order valence-corrected chi connectivity index (χ1v) is 8.46. The summed E-state index contributed by atoms with van der Waals surface area (Å²) >= 11 is 0. The summed E-state index contributed by atoms with van der Waals surface area (Å²) in [6.07, 6.45) is 3.42. The van der Waals surface area contributed by atoms with Gasteiger partial charge in [0.05, 0.1) is 13.5 Å². The van der Waals surface area contributed by atoms with Gasteiger partial charge in [-0.1, -0.05) is 26.8 Å². The van der Waals surface area contributed by atoms with Crippen LogP contribution < -0.4 is 10.2 Å².